The topological polar surface area (TPSA) is 60.0 Å². The summed E-state index contributed by atoms with van der Waals surface area (Å²) >= 11 is 0. The zero-order chi connectivity index (χ0) is 22.5. The molecule has 1 amide bonds. The van der Waals surface area contributed by atoms with E-state index in [1.807, 2.05) is 24.3 Å². The summed E-state index contributed by atoms with van der Waals surface area (Å²) in [5, 5.41) is 2.98. The zero-order valence-corrected chi connectivity index (χ0v) is 18.7. The Kier molecular flexibility index (Phi) is 6.50. The highest BCUT2D eigenvalue weighted by Gasteiger charge is 2.19. The van der Waals surface area contributed by atoms with Gasteiger partial charge in [-0.3, -0.25) is 4.79 Å². The Labute approximate surface area is 188 Å². The first-order valence-electron chi connectivity index (χ1n) is 10.7. The highest BCUT2D eigenvalue weighted by atomic mass is 16.5. The lowest BCUT2D eigenvalue weighted by Gasteiger charge is -2.20. The van der Waals surface area contributed by atoms with Crippen LogP contribution >= 0.6 is 0 Å². The number of carbonyl (C=O) groups is 1. The van der Waals surface area contributed by atoms with Gasteiger partial charge in [0.2, 0.25) is 11.7 Å². The number of para-hydroxylation sites is 1. The minimum atomic E-state index is -0.0435. The molecule has 1 N–H and O–H groups in total. The molecule has 0 atom stereocenters. The summed E-state index contributed by atoms with van der Waals surface area (Å²) in [6.45, 7) is 0.972. The van der Waals surface area contributed by atoms with Crippen molar-refractivity contribution in [2.24, 2.45) is 0 Å². The molecular weight excluding hydrogens is 404 g/mol. The Morgan fingerprint density at radius 3 is 2.28 bits per heavy atom. The lowest BCUT2D eigenvalue weighted by Crippen LogP contribution is -2.14. The summed E-state index contributed by atoms with van der Waals surface area (Å²) in [7, 11) is 4.73. The number of hydrogen-bond donors (Lipinski definition) is 1. The molecular formula is C26H28N2O4. The summed E-state index contributed by atoms with van der Waals surface area (Å²) in [5.41, 5.74) is 5.49. The second kappa shape index (κ2) is 9.64. The third-order valence-corrected chi connectivity index (χ3v) is 5.72. The number of nitrogens with zero attached hydrogens (tertiary/aromatic N) is 1. The quantitative estimate of drug-likeness (QED) is 0.544. The molecule has 6 heteroatoms. The van der Waals surface area contributed by atoms with Crippen molar-refractivity contribution in [3.63, 3.8) is 0 Å². The Morgan fingerprint density at radius 2 is 1.62 bits per heavy atom. The number of aryl methyl sites for hydroxylation is 1. The van der Waals surface area contributed by atoms with Crippen LogP contribution in [0, 0.1) is 0 Å². The fourth-order valence-electron chi connectivity index (χ4n) is 4.09. The van der Waals surface area contributed by atoms with Gasteiger partial charge in [0.05, 0.1) is 21.3 Å². The molecule has 0 radical (unpaired) electrons. The Hall–Kier alpha value is -3.67. The van der Waals surface area contributed by atoms with Crippen molar-refractivity contribution in [2.75, 3.05) is 38.1 Å². The number of nitrogens with one attached hydrogen (secondary N) is 1. The number of rotatable bonds is 8. The Balaban J connectivity index is 1.37. The molecule has 0 aliphatic carbocycles. The van der Waals surface area contributed by atoms with Crippen LogP contribution in [-0.4, -0.2) is 33.8 Å². The fraction of sp³-hybridized carbons (Fsp3) is 0.269. The van der Waals surface area contributed by atoms with Gasteiger partial charge in [0.25, 0.3) is 0 Å². The average Bonchev–Trinajstić information content (AvgIpc) is 3.26. The molecule has 0 aromatic heterocycles. The molecule has 0 saturated carbocycles. The van der Waals surface area contributed by atoms with E-state index in [0.717, 1.165) is 29.9 Å². The summed E-state index contributed by atoms with van der Waals surface area (Å²) in [6.07, 6.45) is 1.96. The number of anilines is 3. The molecule has 1 aliphatic rings. The molecule has 1 aliphatic heterocycles. The van der Waals surface area contributed by atoms with Gasteiger partial charge in [-0.05, 0) is 66.4 Å². The molecule has 0 spiro atoms. The van der Waals surface area contributed by atoms with E-state index >= 15 is 0 Å². The number of methoxy groups -OCH3 is 3. The van der Waals surface area contributed by atoms with Crippen LogP contribution in [0.2, 0.25) is 0 Å². The zero-order valence-electron chi connectivity index (χ0n) is 18.7. The van der Waals surface area contributed by atoms with Crippen molar-refractivity contribution in [2.45, 2.75) is 19.3 Å². The van der Waals surface area contributed by atoms with Crippen molar-refractivity contribution in [3.05, 3.63) is 71.8 Å². The van der Waals surface area contributed by atoms with Gasteiger partial charge in [-0.15, -0.1) is 0 Å². The van der Waals surface area contributed by atoms with Gasteiger partial charge in [-0.2, -0.15) is 0 Å². The molecule has 0 saturated heterocycles. The van der Waals surface area contributed by atoms with Crippen LogP contribution in [0.4, 0.5) is 17.1 Å². The average molecular weight is 433 g/mol. The van der Waals surface area contributed by atoms with E-state index in [2.05, 4.69) is 46.6 Å². The number of hydrogen-bond acceptors (Lipinski definition) is 5. The standard InChI is InChI=1S/C26H28N2O4/c1-30-23-16-18(17-24(31-2)26(23)32-3)8-13-25(29)27-20-9-11-21(12-10-20)28-15-14-19-6-4-5-7-22(19)28/h4-7,9-12,16-17H,8,13-15H2,1-3H3,(H,27,29). The Morgan fingerprint density at radius 1 is 0.938 bits per heavy atom. The van der Waals surface area contributed by atoms with Gasteiger partial charge in [-0.1, -0.05) is 18.2 Å². The normalized spacial score (nSPS) is 12.3. The van der Waals surface area contributed by atoms with E-state index in [9.17, 15) is 4.79 Å². The molecule has 32 heavy (non-hydrogen) atoms. The van der Waals surface area contributed by atoms with Crippen molar-refractivity contribution in [3.8, 4) is 17.2 Å². The van der Waals surface area contributed by atoms with Crippen LogP contribution in [-0.2, 0) is 17.6 Å². The summed E-state index contributed by atoms with van der Waals surface area (Å²) in [4.78, 5) is 14.8. The lowest BCUT2D eigenvalue weighted by molar-refractivity contribution is -0.116. The summed E-state index contributed by atoms with van der Waals surface area (Å²) in [6, 6.07) is 20.2. The minimum Gasteiger partial charge on any atom is -0.493 e. The van der Waals surface area contributed by atoms with E-state index in [1.165, 1.54) is 11.3 Å². The molecule has 6 nitrogen and oxygen atoms in total. The van der Waals surface area contributed by atoms with Crippen LogP contribution in [0.3, 0.4) is 0 Å². The molecule has 0 fully saturated rings. The molecule has 0 unspecified atom stereocenters. The third-order valence-electron chi connectivity index (χ3n) is 5.72. The molecule has 3 aromatic rings. The van der Waals surface area contributed by atoms with Crippen LogP contribution in [0.1, 0.15) is 17.5 Å². The van der Waals surface area contributed by atoms with Gasteiger partial charge >= 0.3 is 0 Å². The smallest absolute Gasteiger partial charge is 0.224 e. The SMILES string of the molecule is COc1cc(CCC(=O)Nc2ccc(N3CCc4ccccc43)cc2)cc(OC)c1OC. The molecule has 1 heterocycles. The molecule has 3 aromatic carbocycles. The van der Waals surface area contributed by atoms with E-state index in [0.29, 0.717) is 30.1 Å². The number of amides is 1. The van der Waals surface area contributed by atoms with E-state index in [4.69, 9.17) is 14.2 Å². The van der Waals surface area contributed by atoms with Crippen LogP contribution in [0.5, 0.6) is 17.2 Å². The van der Waals surface area contributed by atoms with Crippen molar-refractivity contribution in [1.82, 2.24) is 0 Å². The number of fused-ring (bicyclic) bond motifs is 1. The van der Waals surface area contributed by atoms with Crippen LogP contribution in [0.25, 0.3) is 0 Å². The highest BCUT2D eigenvalue weighted by molar-refractivity contribution is 5.91. The first-order valence-corrected chi connectivity index (χ1v) is 10.7. The number of ether oxygens (including phenoxy) is 3. The van der Waals surface area contributed by atoms with E-state index < -0.39 is 0 Å². The number of benzene rings is 3. The van der Waals surface area contributed by atoms with Crippen LogP contribution < -0.4 is 24.4 Å². The maximum Gasteiger partial charge on any atom is 0.224 e. The van der Waals surface area contributed by atoms with Gasteiger partial charge in [0, 0.05) is 30.0 Å². The summed E-state index contributed by atoms with van der Waals surface area (Å²) in [5.74, 6) is 1.67. The van der Waals surface area contributed by atoms with Crippen LogP contribution in [0.15, 0.2) is 60.7 Å². The predicted octanol–water partition coefficient (Wildman–Crippen LogP) is 4.98. The van der Waals surface area contributed by atoms with E-state index in [1.54, 1.807) is 21.3 Å². The molecule has 4 rings (SSSR count). The first kappa shape index (κ1) is 21.6. The summed E-state index contributed by atoms with van der Waals surface area (Å²) < 4.78 is 16.1. The maximum absolute atomic E-state index is 12.5. The monoisotopic (exact) mass is 432 g/mol. The minimum absolute atomic E-state index is 0.0435. The van der Waals surface area contributed by atoms with Crippen molar-refractivity contribution < 1.29 is 19.0 Å². The maximum atomic E-state index is 12.5. The number of carbonyl (C=O) groups excluding carboxylic acids is 1. The first-order chi connectivity index (χ1) is 15.6. The van der Waals surface area contributed by atoms with Gasteiger partial charge < -0.3 is 24.4 Å². The van der Waals surface area contributed by atoms with E-state index in [-0.39, 0.29) is 5.91 Å². The second-order valence-corrected chi connectivity index (χ2v) is 7.66. The van der Waals surface area contributed by atoms with Gasteiger partial charge in [0.15, 0.2) is 11.5 Å². The van der Waals surface area contributed by atoms with Crippen molar-refractivity contribution in [1.29, 1.82) is 0 Å². The highest BCUT2D eigenvalue weighted by Crippen LogP contribution is 2.38. The fourth-order valence-corrected chi connectivity index (χ4v) is 4.09. The lowest BCUT2D eigenvalue weighted by atomic mass is 10.1. The third kappa shape index (κ3) is 4.49. The largest absolute Gasteiger partial charge is 0.493 e. The molecule has 166 valence electrons. The molecule has 0 bridgehead atoms. The van der Waals surface area contributed by atoms with Gasteiger partial charge in [0.1, 0.15) is 0 Å². The Bertz CT molecular complexity index is 1070. The predicted molar refractivity (Wildman–Crippen MR) is 127 cm³/mol. The van der Waals surface area contributed by atoms with Crippen molar-refractivity contribution >= 4 is 23.0 Å². The second-order valence-electron chi connectivity index (χ2n) is 7.66. The van der Waals surface area contributed by atoms with Gasteiger partial charge in [-0.25, -0.2) is 0 Å².